The molecule has 0 aliphatic carbocycles. The molecular weight excluding hydrogens is 446 g/mol. The van der Waals surface area contributed by atoms with Crippen LogP contribution in [0.1, 0.15) is 48.2 Å². The number of ether oxygens (including phenoxy) is 1. The van der Waals surface area contributed by atoms with Crippen molar-refractivity contribution in [2.45, 2.75) is 33.2 Å². The van der Waals surface area contributed by atoms with E-state index in [1.165, 1.54) is 11.6 Å². The first-order chi connectivity index (χ1) is 16.8. The molecule has 1 aliphatic rings. The summed E-state index contributed by atoms with van der Waals surface area (Å²) in [7, 11) is 0. The number of nitrogens with zero attached hydrogens (tertiary/aromatic N) is 2. The lowest BCUT2D eigenvalue weighted by atomic mass is 10.0. The molecule has 0 unspecified atom stereocenters. The van der Waals surface area contributed by atoms with Crippen LogP contribution in [0.25, 0.3) is 11.0 Å². The molecule has 0 bridgehead atoms. The monoisotopic (exact) mass is 477 g/mol. The van der Waals surface area contributed by atoms with Crippen molar-refractivity contribution in [3.05, 3.63) is 75.6 Å². The standard InChI is InChI=1S/C27H31N3O5/c1-4-34-27(33)28-22-9-10-23-21(15-25(31)35-24(23)16-22)17-29-11-13-30(14-12-29)26(32)20-7-5-19(6-8-20)18(2)3/h5-10,15-16,18H,4,11-14,17H2,1-3H3,(H,28,33). The summed E-state index contributed by atoms with van der Waals surface area (Å²) in [5.74, 6) is 0.479. The van der Waals surface area contributed by atoms with Crippen LogP contribution in [0.2, 0.25) is 0 Å². The Labute approximate surface area is 204 Å². The van der Waals surface area contributed by atoms with Crippen LogP contribution in [0.5, 0.6) is 0 Å². The highest BCUT2D eigenvalue weighted by Gasteiger charge is 2.23. The number of carbonyl (C=O) groups is 2. The van der Waals surface area contributed by atoms with Gasteiger partial charge in [-0.15, -0.1) is 0 Å². The predicted molar refractivity (Wildman–Crippen MR) is 135 cm³/mol. The highest BCUT2D eigenvalue weighted by molar-refractivity contribution is 5.94. The summed E-state index contributed by atoms with van der Waals surface area (Å²) in [6.07, 6.45) is -0.561. The normalized spacial score (nSPS) is 14.3. The maximum atomic E-state index is 12.9. The molecule has 1 saturated heterocycles. The Morgan fingerprint density at radius 1 is 1.03 bits per heavy atom. The number of benzene rings is 2. The van der Waals surface area contributed by atoms with Gasteiger partial charge < -0.3 is 14.1 Å². The van der Waals surface area contributed by atoms with Crippen LogP contribution in [0, 0.1) is 0 Å². The van der Waals surface area contributed by atoms with E-state index in [0.717, 1.165) is 10.9 Å². The molecular formula is C27H31N3O5. The maximum absolute atomic E-state index is 12.9. The lowest BCUT2D eigenvalue weighted by molar-refractivity contribution is 0.0628. The number of rotatable bonds is 6. The summed E-state index contributed by atoms with van der Waals surface area (Å²) in [5.41, 5.74) is 3.23. The van der Waals surface area contributed by atoms with Crippen LogP contribution < -0.4 is 10.9 Å². The molecule has 1 N–H and O–H groups in total. The molecule has 2 heterocycles. The van der Waals surface area contributed by atoms with Crippen LogP contribution >= 0.6 is 0 Å². The maximum Gasteiger partial charge on any atom is 0.411 e. The lowest BCUT2D eigenvalue weighted by Crippen LogP contribution is -2.48. The molecule has 0 saturated carbocycles. The first-order valence-electron chi connectivity index (χ1n) is 12.0. The van der Waals surface area contributed by atoms with Gasteiger partial charge in [0.2, 0.25) is 0 Å². The Hall–Kier alpha value is -3.65. The van der Waals surface area contributed by atoms with Crippen molar-refractivity contribution < 1.29 is 18.7 Å². The molecule has 0 radical (unpaired) electrons. The van der Waals surface area contributed by atoms with Crippen LogP contribution in [0.15, 0.2) is 57.7 Å². The quantitative estimate of drug-likeness (QED) is 0.528. The van der Waals surface area contributed by atoms with Crippen LogP contribution in [-0.2, 0) is 11.3 Å². The van der Waals surface area contributed by atoms with E-state index in [1.54, 1.807) is 19.1 Å². The van der Waals surface area contributed by atoms with Gasteiger partial charge in [-0.25, -0.2) is 9.59 Å². The fourth-order valence-electron chi connectivity index (χ4n) is 4.27. The topological polar surface area (TPSA) is 92.1 Å². The van der Waals surface area contributed by atoms with Crippen molar-refractivity contribution in [3.63, 3.8) is 0 Å². The van der Waals surface area contributed by atoms with Gasteiger partial charge in [0.05, 0.1) is 6.61 Å². The molecule has 184 valence electrons. The van der Waals surface area contributed by atoms with Gasteiger partial charge >= 0.3 is 11.7 Å². The Balaban J connectivity index is 1.41. The van der Waals surface area contributed by atoms with Gasteiger partial charge in [0.15, 0.2) is 0 Å². The van der Waals surface area contributed by atoms with Crippen molar-refractivity contribution in [2.75, 3.05) is 38.1 Å². The number of anilines is 1. The van der Waals surface area contributed by atoms with Crippen molar-refractivity contribution >= 4 is 28.7 Å². The first-order valence-corrected chi connectivity index (χ1v) is 12.0. The smallest absolute Gasteiger partial charge is 0.411 e. The van der Waals surface area contributed by atoms with Crippen LogP contribution in [0.4, 0.5) is 10.5 Å². The minimum Gasteiger partial charge on any atom is -0.450 e. The van der Waals surface area contributed by atoms with Gasteiger partial charge in [0, 0.05) is 61.5 Å². The minimum atomic E-state index is -0.561. The number of fused-ring (bicyclic) bond motifs is 1. The summed E-state index contributed by atoms with van der Waals surface area (Å²) in [5, 5.41) is 3.43. The molecule has 0 atom stereocenters. The van der Waals surface area contributed by atoms with Crippen molar-refractivity contribution in [3.8, 4) is 0 Å². The van der Waals surface area contributed by atoms with Crippen molar-refractivity contribution in [1.29, 1.82) is 0 Å². The summed E-state index contributed by atoms with van der Waals surface area (Å²) >= 11 is 0. The Morgan fingerprint density at radius 3 is 2.40 bits per heavy atom. The van der Waals surface area contributed by atoms with Gasteiger partial charge in [-0.1, -0.05) is 26.0 Å². The van der Waals surface area contributed by atoms with E-state index < -0.39 is 11.7 Å². The van der Waals surface area contributed by atoms with E-state index in [4.69, 9.17) is 9.15 Å². The molecule has 0 spiro atoms. The first kappa shape index (κ1) is 24.5. The molecule has 1 aliphatic heterocycles. The molecule has 8 heteroatoms. The fraction of sp³-hybridized carbons (Fsp3) is 0.370. The predicted octanol–water partition coefficient (Wildman–Crippen LogP) is 4.44. The van der Waals surface area contributed by atoms with E-state index in [9.17, 15) is 14.4 Å². The molecule has 2 aromatic carbocycles. The van der Waals surface area contributed by atoms with Crippen molar-refractivity contribution in [2.24, 2.45) is 0 Å². The minimum absolute atomic E-state index is 0.0485. The van der Waals surface area contributed by atoms with Gasteiger partial charge in [-0.2, -0.15) is 0 Å². The zero-order valence-corrected chi connectivity index (χ0v) is 20.4. The molecule has 2 amide bonds. The van der Waals surface area contributed by atoms with Gasteiger partial charge in [-0.3, -0.25) is 15.0 Å². The number of carbonyl (C=O) groups excluding carboxylic acids is 2. The molecule has 1 aromatic heterocycles. The summed E-state index contributed by atoms with van der Waals surface area (Å²) < 4.78 is 10.3. The highest BCUT2D eigenvalue weighted by atomic mass is 16.5. The molecule has 1 fully saturated rings. The molecule has 8 nitrogen and oxygen atoms in total. The largest absolute Gasteiger partial charge is 0.450 e. The molecule has 4 rings (SSSR count). The second kappa shape index (κ2) is 10.7. The summed E-state index contributed by atoms with van der Waals surface area (Å²) in [4.78, 5) is 40.9. The number of hydrogen-bond donors (Lipinski definition) is 1. The lowest BCUT2D eigenvalue weighted by Gasteiger charge is -2.35. The third-order valence-electron chi connectivity index (χ3n) is 6.23. The average Bonchev–Trinajstić information content (AvgIpc) is 2.84. The second-order valence-electron chi connectivity index (χ2n) is 8.99. The SMILES string of the molecule is CCOC(=O)Nc1ccc2c(CN3CCN(C(=O)c4ccc(C(C)C)cc4)CC3)cc(=O)oc2c1. The third-order valence-corrected chi connectivity index (χ3v) is 6.23. The number of piperazine rings is 1. The van der Waals surface area contributed by atoms with Gasteiger partial charge in [-0.05, 0) is 48.2 Å². The Bertz CT molecular complexity index is 1260. The number of hydrogen-bond acceptors (Lipinski definition) is 6. The molecule has 3 aromatic rings. The summed E-state index contributed by atoms with van der Waals surface area (Å²) in [6, 6.07) is 14.6. The van der Waals surface area contributed by atoms with E-state index in [-0.39, 0.29) is 12.5 Å². The van der Waals surface area contributed by atoms with E-state index in [0.29, 0.717) is 55.5 Å². The zero-order valence-electron chi connectivity index (χ0n) is 20.4. The third kappa shape index (κ3) is 5.89. The highest BCUT2D eigenvalue weighted by Crippen LogP contribution is 2.23. The van der Waals surface area contributed by atoms with Crippen molar-refractivity contribution in [1.82, 2.24) is 9.80 Å². The second-order valence-corrected chi connectivity index (χ2v) is 8.99. The van der Waals surface area contributed by atoms with Gasteiger partial charge in [0.25, 0.3) is 5.91 Å². The molecule has 35 heavy (non-hydrogen) atoms. The fourth-order valence-corrected chi connectivity index (χ4v) is 4.27. The zero-order chi connectivity index (χ0) is 24.9. The summed E-state index contributed by atoms with van der Waals surface area (Å²) in [6.45, 7) is 9.49. The van der Waals surface area contributed by atoms with E-state index in [1.807, 2.05) is 35.2 Å². The van der Waals surface area contributed by atoms with E-state index >= 15 is 0 Å². The van der Waals surface area contributed by atoms with Crippen LogP contribution in [0.3, 0.4) is 0 Å². The Morgan fingerprint density at radius 2 is 1.74 bits per heavy atom. The van der Waals surface area contributed by atoms with Gasteiger partial charge in [0.1, 0.15) is 5.58 Å². The number of nitrogens with one attached hydrogen (secondary N) is 1. The average molecular weight is 478 g/mol. The number of amides is 2. The Kier molecular flexibility index (Phi) is 7.51. The van der Waals surface area contributed by atoms with Crippen LogP contribution in [-0.4, -0.2) is 54.6 Å². The van der Waals surface area contributed by atoms with E-state index in [2.05, 4.69) is 24.1 Å².